The van der Waals surface area contributed by atoms with Crippen molar-refractivity contribution >= 4 is 21.8 Å². The van der Waals surface area contributed by atoms with E-state index in [1.165, 1.54) is 23.2 Å². The number of hydrogen-bond acceptors (Lipinski definition) is 6. The van der Waals surface area contributed by atoms with Crippen LogP contribution in [0.25, 0.3) is 21.8 Å². The van der Waals surface area contributed by atoms with Crippen molar-refractivity contribution < 1.29 is 10.2 Å². The zero-order valence-corrected chi connectivity index (χ0v) is 12.5. The van der Waals surface area contributed by atoms with E-state index < -0.39 is 16.9 Å². The molecule has 1 aromatic carbocycles. The average molecular weight is 302 g/mol. The maximum atomic E-state index is 12.4. The molecule has 2 N–H and O–H groups in total. The van der Waals surface area contributed by atoms with Crippen molar-refractivity contribution in [1.82, 2.24) is 19.1 Å². The molecular formula is C14H14N4O4. The number of fused-ring (bicyclic) bond motifs is 2. The Labute approximate surface area is 123 Å². The first-order valence-corrected chi connectivity index (χ1v) is 6.54. The Balaban J connectivity index is 2.78. The Morgan fingerprint density at radius 2 is 1.14 bits per heavy atom. The van der Waals surface area contributed by atoms with E-state index in [2.05, 4.69) is 9.97 Å². The fourth-order valence-electron chi connectivity index (χ4n) is 2.42. The first-order valence-electron chi connectivity index (χ1n) is 6.54. The van der Waals surface area contributed by atoms with E-state index in [9.17, 15) is 19.8 Å². The van der Waals surface area contributed by atoms with Gasteiger partial charge in [-0.15, -0.1) is 0 Å². The quantitative estimate of drug-likeness (QED) is 0.453. The Morgan fingerprint density at radius 1 is 0.773 bits per heavy atom. The van der Waals surface area contributed by atoms with Gasteiger partial charge >= 0.3 is 0 Å². The van der Waals surface area contributed by atoms with Crippen LogP contribution in [0.2, 0.25) is 0 Å². The fourth-order valence-corrected chi connectivity index (χ4v) is 2.42. The molecule has 114 valence electrons. The maximum Gasteiger partial charge on any atom is 0.265 e. The average Bonchev–Trinajstić information content (AvgIpc) is 2.47. The van der Waals surface area contributed by atoms with Gasteiger partial charge in [0, 0.05) is 14.1 Å². The van der Waals surface area contributed by atoms with Crippen molar-refractivity contribution in [3.8, 4) is 11.5 Å². The third-order valence-corrected chi connectivity index (χ3v) is 3.95. The Bertz CT molecular complexity index is 996. The topological polar surface area (TPSA) is 110 Å². The van der Waals surface area contributed by atoms with Gasteiger partial charge in [-0.25, -0.2) is 9.97 Å². The summed E-state index contributed by atoms with van der Waals surface area (Å²) in [6.45, 7) is 3.20. The smallest absolute Gasteiger partial charge is 0.265 e. The van der Waals surface area contributed by atoms with Crippen LogP contribution in [0.1, 0.15) is 11.6 Å². The molecule has 0 aliphatic carbocycles. The molecule has 0 spiro atoms. The summed E-state index contributed by atoms with van der Waals surface area (Å²) in [5.74, 6) is -0.160. The molecule has 0 unspecified atom stereocenters. The minimum atomic E-state index is -0.542. The zero-order chi connectivity index (χ0) is 16.3. The zero-order valence-electron chi connectivity index (χ0n) is 12.5. The minimum absolute atomic E-state index is 0.0641. The summed E-state index contributed by atoms with van der Waals surface area (Å²) in [7, 11) is 2.99. The summed E-state index contributed by atoms with van der Waals surface area (Å²) < 4.78 is 2.47. The molecular weight excluding hydrogens is 288 g/mol. The molecule has 0 bridgehead atoms. The summed E-state index contributed by atoms with van der Waals surface area (Å²) in [5, 5.41) is 20.4. The highest BCUT2D eigenvalue weighted by atomic mass is 16.3. The van der Waals surface area contributed by atoms with Crippen LogP contribution < -0.4 is 11.1 Å². The lowest BCUT2D eigenvalue weighted by atomic mass is 10.1. The molecule has 0 radical (unpaired) electrons. The summed E-state index contributed by atoms with van der Waals surface area (Å²) in [4.78, 5) is 33.0. The molecule has 0 fully saturated rings. The summed E-state index contributed by atoms with van der Waals surface area (Å²) in [5.41, 5.74) is -1.21. The van der Waals surface area contributed by atoms with Gasteiger partial charge in [0.15, 0.2) is 5.75 Å². The number of aromatic hydroxyl groups is 2. The molecule has 8 heteroatoms. The van der Waals surface area contributed by atoms with Gasteiger partial charge in [0.25, 0.3) is 11.1 Å². The maximum absolute atomic E-state index is 12.4. The molecule has 0 amide bonds. The highest BCUT2D eigenvalue weighted by Gasteiger charge is 2.22. The van der Waals surface area contributed by atoms with Crippen molar-refractivity contribution in [3.63, 3.8) is 0 Å². The summed E-state index contributed by atoms with van der Waals surface area (Å²) in [6, 6.07) is 0. The molecule has 0 saturated carbocycles. The van der Waals surface area contributed by atoms with Gasteiger partial charge < -0.3 is 10.2 Å². The van der Waals surface area contributed by atoms with Gasteiger partial charge in [-0.3, -0.25) is 18.7 Å². The van der Waals surface area contributed by atoms with Crippen LogP contribution in [0, 0.1) is 13.8 Å². The van der Waals surface area contributed by atoms with Crippen LogP contribution in [-0.4, -0.2) is 29.3 Å². The fraction of sp³-hybridized carbons (Fsp3) is 0.286. The lowest BCUT2D eigenvalue weighted by molar-refractivity contribution is 0.474. The van der Waals surface area contributed by atoms with E-state index in [0.29, 0.717) is 11.6 Å². The van der Waals surface area contributed by atoms with Crippen molar-refractivity contribution in [1.29, 1.82) is 0 Å². The lowest BCUT2D eigenvalue weighted by Crippen LogP contribution is -2.23. The lowest BCUT2D eigenvalue weighted by Gasteiger charge is -2.12. The van der Waals surface area contributed by atoms with Crippen LogP contribution in [0.3, 0.4) is 0 Å². The normalized spacial score (nSPS) is 11.5. The van der Waals surface area contributed by atoms with Gasteiger partial charge in [0.05, 0.1) is 0 Å². The van der Waals surface area contributed by atoms with E-state index in [-0.39, 0.29) is 27.6 Å². The highest BCUT2D eigenvalue weighted by Crippen LogP contribution is 2.36. The van der Waals surface area contributed by atoms with Gasteiger partial charge in [-0.2, -0.15) is 0 Å². The molecule has 2 aromatic heterocycles. The van der Waals surface area contributed by atoms with E-state index in [0.717, 1.165) is 0 Å². The van der Waals surface area contributed by atoms with Gasteiger partial charge in [0.2, 0.25) is 0 Å². The molecule has 3 rings (SSSR count). The predicted molar refractivity (Wildman–Crippen MR) is 80.3 cm³/mol. The summed E-state index contributed by atoms with van der Waals surface area (Å²) in [6.07, 6.45) is 0. The van der Waals surface area contributed by atoms with Crippen molar-refractivity contribution in [2.24, 2.45) is 14.1 Å². The molecule has 0 saturated heterocycles. The standard InChI is InChI=1S/C14H14N4O4/c1-5-15-9-7(13(21)17(5)3)11(19)8-10(12(9)20)16-6(2)18(4)14(8)22/h19-20H,1-4H3. The predicted octanol–water partition coefficient (Wildman–Crippen LogP) is 0.208. The first-order chi connectivity index (χ1) is 10.3. The van der Waals surface area contributed by atoms with Crippen LogP contribution in [0.15, 0.2) is 9.59 Å². The second kappa shape index (κ2) is 4.30. The molecule has 0 aliphatic heterocycles. The Morgan fingerprint density at radius 3 is 1.50 bits per heavy atom. The first kappa shape index (κ1) is 14.1. The van der Waals surface area contributed by atoms with Crippen molar-refractivity contribution in [2.75, 3.05) is 0 Å². The van der Waals surface area contributed by atoms with Gasteiger partial charge in [-0.1, -0.05) is 0 Å². The van der Waals surface area contributed by atoms with Crippen LogP contribution in [-0.2, 0) is 14.1 Å². The van der Waals surface area contributed by atoms with E-state index >= 15 is 0 Å². The number of phenolic OH excluding ortho intramolecular Hbond substituents is 2. The van der Waals surface area contributed by atoms with Crippen LogP contribution >= 0.6 is 0 Å². The number of nitrogens with zero attached hydrogens (tertiary/aromatic N) is 4. The number of phenols is 2. The van der Waals surface area contributed by atoms with Crippen molar-refractivity contribution in [2.45, 2.75) is 13.8 Å². The Hall–Kier alpha value is -2.90. The van der Waals surface area contributed by atoms with Crippen LogP contribution in [0.5, 0.6) is 11.5 Å². The van der Waals surface area contributed by atoms with E-state index in [1.54, 1.807) is 13.8 Å². The molecule has 3 aromatic rings. The number of aromatic nitrogens is 4. The monoisotopic (exact) mass is 302 g/mol. The second-order valence-corrected chi connectivity index (χ2v) is 5.19. The third-order valence-electron chi connectivity index (χ3n) is 3.95. The minimum Gasteiger partial charge on any atom is -0.506 e. The number of rotatable bonds is 0. The van der Waals surface area contributed by atoms with Gasteiger partial charge in [-0.05, 0) is 13.8 Å². The van der Waals surface area contributed by atoms with E-state index in [4.69, 9.17) is 0 Å². The molecule has 22 heavy (non-hydrogen) atoms. The van der Waals surface area contributed by atoms with Crippen molar-refractivity contribution in [3.05, 3.63) is 32.4 Å². The molecule has 2 heterocycles. The number of benzene rings is 1. The molecule has 0 aliphatic rings. The number of hydrogen-bond donors (Lipinski definition) is 2. The molecule has 8 nitrogen and oxygen atoms in total. The third kappa shape index (κ3) is 1.57. The van der Waals surface area contributed by atoms with E-state index in [1.807, 2.05) is 0 Å². The van der Waals surface area contributed by atoms with Gasteiger partial charge in [0.1, 0.15) is 39.2 Å². The SMILES string of the molecule is Cc1nc2c(O)c3nc(C)n(C)c(=O)c3c(O)c2c(=O)n1C. The second-order valence-electron chi connectivity index (χ2n) is 5.19. The number of aryl methyl sites for hydroxylation is 2. The highest BCUT2D eigenvalue weighted by molar-refractivity contribution is 6.06. The summed E-state index contributed by atoms with van der Waals surface area (Å²) >= 11 is 0. The largest absolute Gasteiger partial charge is 0.506 e. The molecule has 0 atom stereocenters. The Kier molecular flexibility index (Phi) is 2.74. The van der Waals surface area contributed by atoms with Crippen LogP contribution in [0.4, 0.5) is 0 Å².